The van der Waals surface area contributed by atoms with Gasteiger partial charge >= 0.3 is 5.97 Å². The number of aromatic nitrogens is 1. The number of aryl methyl sites for hydroxylation is 1. The first-order chi connectivity index (χ1) is 9.47. The summed E-state index contributed by atoms with van der Waals surface area (Å²) in [5, 5.41) is 4.91. The van der Waals surface area contributed by atoms with Crippen LogP contribution in [0.5, 0.6) is 0 Å². The van der Waals surface area contributed by atoms with Crippen molar-refractivity contribution in [2.75, 3.05) is 5.32 Å². The van der Waals surface area contributed by atoms with E-state index in [1.54, 1.807) is 32.9 Å². The van der Waals surface area contributed by atoms with E-state index in [0.29, 0.717) is 20.6 Å². The van der Waals surface area contributed by atoms with Gasteiger partial charge in [0.2, 0.25) is 0 Å². The molecule has 0 saturated heterocycles. The molecule has 0 aliphatic heterocycles. The quantitative estimate of drug-likeness (QED) is 0.880. The molecule has 0 saturated carbocycles. The van der Waals surface area contributed by atoms with Crippen LogP contribution in [-0.4, -0.2) is 23.0 Å². The first-order valence-corrected chi connectivity index (χ1v) is 7.70. The molecule has 7 heteroatoms. The molecule has 0 aliphatic rings. The maximum Gasteiger partial charge on any atom is 0.350 e. The van der Waals surface area contributed by atoms with Gasteiger partial charge in [0, 0.05) is 0 Å². The summed E-state index contributed by atoms with van der Waals surface area (Å²) in [6, 6.07) is 3.53. The number of nitrogens with one attached hydrogen (secondary N) is 1. The fraction of sp³-hybridized carbons (Fsp3) is 0.308. The number of thiophene rings is 1. The van der Waals surface area contributed by atoms with Crippen LogP contribution in [-0.2, 0) is 4.74 Å². The molecule has 1 N–H and O–H groups in total. The van der Waals surface area contributed by atoms with Gasteiger partial charge in [-0.25, -0.2) is 9.78 Å². The van der Waals surface area contributed by atoms with E-state index >= 15 is 0 Å². The van der Waals surface area contributed by atoms with Crippen LogP contribution in [0.15, 0.2) is 17.5 Å². The molecule has 2 heterocycles. The van der Waals surface area contributed by atoms with Crippen molar-refractivity contribution in [1.29, 1.82) is 0 Å². The average Bonchev–Trinajstić information content (AvgIpc) is 2.97. The van der Waals surface area contributed by atoms with Crippen molar-refractivity contribution >= 4 is 39.7 Å². The van der Waals surface area contributed by atoms with E-state index in [1.165, 1.54) is 11.3 Å². The minimum atomic E-state index is -0.411. The van der Waals surface area contributed by atoms with Crippen LogP contribution < -0.4 is 5.32 Å². The zero-order chi connectivity index (χ0) is 14.7. The number of hydrogen-bond acceptors (Lipinski definition) is 6. The van der Waals surface area contributed by atoms with E-state index in [2.05, 4.69) is 10.3 Å². The second kappa shape index (κ2) is 6.15. The molecule has 0 aliphatic carbocycles. The van der Waals surface area contributed by atoms with Crippen LogP contribution in [0.2, 0.25) is 0 Å². The highest BCUT2D eigenvalue weighted by Gasteiger charge is 2.19. The number of anilines is 1. The van der Waals surface area contributed by atoms with E-state index < -0.39 is 5.97 Å². The lowest BCUT2D eigenvalue weighted by molar-refractivity contribution is 0.0382. The molecule has 0 fully saturated rings. The van der Waals surface area contributed by atoms with Crippen molar-refractivity contribution in [3.63, 3.8) is 0 Å². The molecule has 0 radical (unpaired) electrons. The Morgan fingerprint density at radius 2 is 2.15 bits per heavy atom. The number of thiazole rings is 1. The Bertz CT molecular complexity index is 618. The standard InChI is InChI=1S/C13H14N2O3S2/c1-7(2)18-12(17)10-8(3)14-13(20-10)15-11(16)9-5-4-6-19-9/h4-7H,1-3H3,(H,14,15,16). The summed E-state index contributed by atoms with van der Waals surface area (Å²) in [5.41, 5.74) is 0.558. The van der Waals surface area contributed by atoms with Gasteiger partial charge in [-0.15, -0.1) is 11.3 Å². The summed E-state index contributed by atoms with van der Waals surface area (Å²) < 4.78 is 5.13. The highest BCUT2D eigenvalue weighted by Crippen LogP contribution is 2.24. The van der Waals surface area contributed by atoms with Crippen LogP contribution in [0.3, 0.4) is 0 Å². The smallest absolute Gasteiger partial charge is 0.350 e. The molecule has 2 rings (SSSR count). The normalized spacial score (nSPS) is 10.6. The van der Waals surface area contributed by atoms with Crippen LogP contribution in [0.25, 0.3) is 0 Å². The SMILES string of the molecule is Cc1nc(NC(=O)c2cccs2)sc1C(=O)OC(C)C. The summed E-state index contributed by atoms with van der Waals surface area (Å²) in [6.07, 6.45) is -0.187. The molecule has 106 valence electrons. The van der Waals surface area contributed by atoms with Gasteiger partial charge in [-0.3, -0.25) is 10.1 Å². The molecule has 5 nitrogen and oxygen atoms in total. The Morgan fingerprint density at radius 3 is 2.75 bits per heavy atom. The predicted octanol–water partition coefficient (Wildman–Crippen LogP) is 3.33. The van der Waals surface area contributed by atoms with Crippen LogP contribution in [0.4, 0.5) is 5.13 Å². The minimum absolute atomic E-state index is 0.187. The van der Waals surface area contributed by atoms with Crippen molar-refractivity contribution < 1.29 is 14.3 Å². The van der Waals surface area contributed by atoms with Gasteiger partial charge < -0.3 is 4.74 Å². The number of esters is 1. The lowest BCUT2D eigenvalue weighted by atomic mass is 10.4. The van der Waals surface area contributed by atoms with Crippen LogP contribution in [0.1, 0.15) is 38.9 Å². The van der Waals surface area contributed by atoms with Gasteiger partial charge in [-0.2, -0.15) is 0 Å². The van der Waals surface area contributed by atoms with E-state index in [1.807, 2.05) is 5.38 Å². The monoisotopic (exact) mass is 310 g/mol. The third kappa shape index (κ3) is 3.43. The fourth-order valence-corrected chi connectivity index (χ4v) is 2.94. The molecule has 20 heavy (non-hydrogen) atoms. The molecular weight excluding hydrogens is 296 g/mol. The van der Waals surface area contributed by atoms with Crippen LogP contribution >= 0.6 is 22.7 Å². The van der Waals surface area contributed by atoms with Gasteiger partial charge in [0.1, 0.15) is 4.88 Å². The van der Waals surface area contributed by atoms with Crippen molar-refractivity contribution in [1.82, 2.24) is 4.98 Å². The Morgan fingerprint density at radius 1 is 1.40 bits per heavy atom. The number of carbonyl (C=O) groups excluding carboxylic acids is 2. The maximum atomic E-state index is 11.9. The lowest BCUT2D eigenvalue weighted by Gasteiger charge is -2.05. The summed E-state index contributed by atoms with van der Waals surface area (Å²) in [4.78, 5) is 28.9. The molecule has 0 spiro atoms. The fourth-order valence-electron chi connectivity index (χ4n) is 1.47. The van der Waals surface area contributed by atoms with Crippen LogP contribution in [0, 0.1) is 6.92 Å². The molecule has 2 aromatic heterocycles. The highest BCUT2D eigenvalue weighted by molar-refractivity contribution is 7.18. The zero-order valence-electron chi connectivity index (χ0n) is 11.3. The summed E-state index contributed by atoms with van der Waals surface area (Å²) in [6.45, 7) is 5.29. The molecule has 0 unspecified atom stereocenters. The number of amides is 1. The Kier molecular flexibility index (Phi) is 4.51. The van der Waals surface area contributed by atoms with Gasteiger partial charge in [0.25, 0.3) is 5.91 Å². The Hall–Kier alpha value is -1.73. The number of ether oxygens (including phenoxy) is 1. The molecular formula is C13H14N2O3S2. The van der Waals surface area contributed by atoms with Crippen molar-refractivity contribution in [3.8, 4) is 0 Å². The van der Waals surface area contributed by atoms with Gasteiger partial charge in [0.15, 0.2) is 5.13 Å². The lowest BCUT2D eigenvalue weighted by Crippen LogP contribution is -2.11. The second-order valence-corrected chi connectivity index (χ2v) is 6.27. The molecule has 2 aromatic rings. The molecule has 1 amide bonds. The Labute approximate surface area is 124 Å². The van der Waals surface area contributed by atoms with E-state index in [4.69, 9.17) is 4.74 Å². The first-order valence-electron chi connectivity index (χ1n) is 6.00. The molecule has 0 bridgehead atoms. The minimum Gasteiger partial charge on any atom is -0.459 e. The second-order valence-electron chi connectivity index (χ2n) is 4.32. The van der Waals surface area contributed by atoms with Gasteiger partial charge in [0.05, 0.1) is 16.7 Å². The maximum absolute atomic E-state index is 11.9. The highest BCUT2D eigenvalue weighted by atomic mass is 32.1. The van der Waals surface area contributed by atoms with Crippen molar-refractivity contribution in [3.05, 3.63) is 33.0 Å². The average molecular weight is 310 g/mol. The topological polar surface area (TPSA) is 68.3 Å². The third-order valence-corrected chi connectivity index (χ3v) is 4.21. The number of carbonyl (C=O) groups is 2. The van der Waals surface area contributed by atoms with Crippen molar-refractivity contribution in [2.24, 2.45) is 0 Å². The first kappa shape index (κ1) is 14.7. The Balaban J connectivity index is 2.11. The molecule has 0 aromatic carbocycles. The summed E-state index contributed by atoms with van der Waals surface area (Å²) >= 11 is 2.47. The van der Waals surface area contributed by atoms with Gasteiger partial charge in [-0.05, 0) is 32.2 Å². The van der Waals surface area contributed by atoms with E-state index in [-0.39, 0.29) is 12.0 Å². The van der Waals surface area contributed by atoms with Crippen molar-refractivity contribution in [2.45, 2.75) is 26.9 Å². The largest absolute Gasteiger partial charge is 0.459 e. The van der Waals surface area contributed by atoms with E-state index in [9.17, 15) is 9.59 Å². The zero-order valence-corrected chi connectivity index (χ0v) is 12.9. The summed E-state index contributed by atoms with van der Waals surface area (Å²) in [5.74, 6) is -0.635. The summed E-state index contributed by atoms with van der Waals surface area (Å²) in [7, 11) is 0. The number of nitrogens with zero attached hydrogens (tertiary/aromatic N) is 1. The van der Waals surface area contributed by atoms with Gasteiger partial charge in [-0.1, -0.05) is 17.4 Å². The number of hydrogen-bond donors (Lipinski definition) is 1. The predicted molar refractivity (Wildman–Crippen MR) is 79.7 cm³/mol. The van der Waals surface area contributed by atoms with E-state index in [0.717, 1.165) is 11.3 Å². The third-order valence-electron chi connectivity index (χ3n) is 2.29. The number of rotatable bonds is 4. The molecule has 0 atom stereocenters.